The van der Waals surface area contributed by atoms with Crippen molar-refractivity contribution in [2.45, 2.75) is 0 Å². The van der Waals surface area contributed by atoms with Crippen molar-refractivity contribution in [1.29, 1.82) is 0 Å². The lowest BCUT2D eigenvalue weighted by molar-refractivity contribution is 0.953. The first-order valence-electron chi connectivity index (χ1n) is 21.3. The predicted molar refractivity (Wildman–Crippen MR) is 259 cm³/mol. The molecule has 0 aliphatic carbocycles. The van der Waals surface area contributed by atoms with E-state index < -0.39 is 0 Å². The molecule has 294 valence electrons. The summed E-state index contributed by atoms with van der Waals surface area (Å²) in [7, 11) is 0. The van der Waals surface area contributed by atoms with Gasteiger partial charge in [-0.25, -0.2) is 4.98 Å². The molecule has 0 bridgehead atoms. The minimum Gasteiger partial charge on any atom is -0.309 e. The van der Waals surface area contributed by atoms with E-state index in [1.807, 2.05) is 18.2 Å². The standard InChI is InChI=1S/C57H36N6/c1-3-17-37(18-4-1)39-21-15-24-42(35-39)62-51-31-13-9-27-45(51)47-33-34-48-46-28-10-14-32-52(46)63(54(48)53(47)62)57-59-55(38-19-5-2-6-20-38)58-56(60-57)40-22-16-23-41(36-40)61-49-29-11-7-25-43(49)44-26-8-12-30-50(44)61/h1-36H. The van der Waals surface area contributed by atoms with Crippen molar-refractivity contribution in [3.05, 3.63) is 218 Å². The smallest absolute Gasteiger partial charge is 0.238 e. The van der Waals surface area contributed by atoms with Crippen molar-refractivity contribution in [1.82, 2.24) is 28.7 Å². The number of benzene rings is 9. The zero-order valence-electron chi connectivity index (χ0n) is 34.0. The summed E-state index contributed by atoms with van der Waals surface area (Å²) in [4.78, 5) is 16.1. The minimum absolute atomic E-state index is 0.551. The summed E-state index contributed by atoms with van der Waals surface area (Å²) < 4.78 is 7.02. The summed E-state index contributed by atoms with van der Waals surface area (Å²) in [5.41, 5.74) is 12.8. The Balaban J connectivity index is 1.11. The summed E-state index contributed by atoms with van der Waals surface area (Å²) >= 11 is 0. The van der Waals surface area contributed by atoms with E-state index >= 15 is 0 Å². The molecule has 6 heteroatoms. The van der Waals surface area contributed by atoms with Crippen LogP contribution in [0.5, 0.6) is 0 Å². The first kappa shape index (κ1) is 35.2. The van der Waals surface area contributed by atoms with Crippen LogP contribution in [0.2, 0.25) is 0 Å². The van der Waals surface area contributed by atoms with E-state index in [2.05, 4.69) is 214 Å². The third-order valence-electron chi connectivity index (χ3n) is 12.5. The molecular weight excluding hydrogens is 769 g/mol. The highest BCUT2D eigenvalue weighted by Crippen LogP contribution is 2.42. The second-order valence-electron chi connectivity index (χ2n) is 16.0. The van der Waals surface area contributed by atoms with Gasteiger partial charge >= 0.3 is 0 Å². The first-order valence-corrected chi connectivity index (χ1v) is 21.3. The average molecular weight is 805 g/mol. The molecule has 6 nitrogen and oxygen atoms in total. The van der Waals surface area contributed by atoms with Crippen molar-refractivity contribution in [2.75, 3.05) is 0 Å². The summed E-state index contributed by atoms with van der Waals surface area (Å²) in [5, 5.41) is 7.02. The molecule has 0 unspecified atom stereocenters. The predicted octanol–water partition coefficient (Wildman–Crippen LogP) is 14.2. The Morgan fingerprint density at radius 1 is 0.254 bits per heavy atom. The topological polar surface area (TPSA) is 53.5 Å². The third-order valence-corrected chi connectivity index (χ3v) is 12.5. The lowest BCUT2D eigenvalue weighted by atomic mass is 10.1. The van der Waals surface area contributed by atoms with E-state index in [-0.39, 0.29) is 0 Å². The Hall–Kier alpha value is -8.61. The van der Waals surface area contributed by atoms with Crippen molar-refractivity contribution in [3.8, 4) is 51.2 Å². The fraction of sp³-hybridized carbons (Fsp3) is 0. The molecule has 4 heterocycles. The highest BCUT2D eigenvalue weighted by Gasteiger charge is 2.24. The first-order chi connectivity index (χ1) is 31.3. The lowest BCUT2D eigenvalue weighted by Gasteiger charge is -2.14. The van der Waals surface area contributed by atoms with E-state index in [0.29, 0.717) is 17.6 Å². The Kier molecular flexibility index (Phi) is 7.80. The molecule has 0 aliphatic heterocycles. The Labute approximate surface area is 362 Å². The number of aromatic nitrogens is 6. The zero-order chi connectivity index (χ0) is 41.4. The average Bonchev–Trinajstić information content (AvgIpc) is 4.00. The van der Waals surface area contributed by atoms with Crippen LogP contribution in [-0.4, -0.2) is 28.7 Å². The Morgan fingerprint density at radius 3 is 1.24 bits per heavy atom. The van der Waals surface area contributed by atoms with Crippen LogP contribution in [0, 0.1) is 0 Å². The molecule has 0 spiro atoms. The number of rotatable bonds is 6. The van der Waals surface area contributed by atoms with Crippen molar-refractivity contribution < 1.29 is 0 Å². The quantitative estimate of drug-likeness (QED) is 0.168. The van der Waals surface area contributed by atoms with E-state index in [9.17, 15) is 0 Å². The Bertz CT molecular complexity index is 3860. The largest absolute Gasteiger partial charge is 0.309 e. The van der Waals surface area contributed by atoms with Gasteiger partial charge in [-0.3, -0.25) is 4.57 Å². The lowest BCUT2D eigenvalue weighted by Crippen LogP contribution is -2.07. The molecule has 0 atom stereocenters. The molecule has 0 amide bonds. The second-order valence-corrected chi connectivity index (χ2v) is 16.0. The van der Waals surface area contributed by atoms with Gasteiger partial charge in [-0.1, -0.05) is 170 Å². The molecule has 4 aromatic heterocycles. The van der Waals surface area contributed by atoms with Gasteiger partial charge in [0.25, 0.3) is 0 Å². The summed E-state index contributed by atoms with van der Waals surface area (Å²) in [6.45, 7) is 0. The zero-order valence-corrected chi connectivity index (χ0v) is 34.0. The molecule has 0 N–H and O–H groups in total. The van der Waals surface area contributed by atoms with E-state index in [1.165, 1.54) is 21.7 Å². The molecule has 13 aromatic rings. The summed E-state index contributed by atoms with van der Waals surface area (Å²) in [6, 6.07) is 77.3. The highest BCUT2D eigenvalue weighted by atomic mass is 15.2. The fourth-order valence-corrected chi connectivity index (χ4v) is 9.73. The van der Waals surface area contributed by atoms with Gasteiger partial charge < -0.3 is 9.13 Å². The molecule has 0 fully saturated rings. The van der Waals surface area contributed by atoms with Crippen molar-refractivity contribution in [3.63, 3.8) is 0 Å². The van der Waals surface area contributed by atoms with Gasteiger partial charge in [0.2, 0.25) is 5.95 Å². The van der Waals surface area contributed by atoms with Crippen LogP contribution in [0.1, 0.15) is 0 Å². The van der Waals surface area contributed by atoms with Crippen LogP contribution in [0.25, 0.3) is 117 Å². The van der Waals surface area contributed by atoms with Gasteiger partial charge in [-0.15, -0.1) is 0 Å². The van der Waals surface area contributed by atoms with Crippen molar-refractivity contribution in [2.24, 2.45) is 0 Å². The van der Waals surface area contributed by atoms with Gasteiger partial charge in [0.15, 0.2) is 11.6 Å². The molecular formula is C57H36N6. The maximum atomic E-state index is 5.46. The van der Waals surface area contributed by atoms with Crippen LogP contribution in [-0.2, 0) is 0 Å². The number of hydrogen-bond donors (Lipinski definition) is 0. The molecule has 0 saturated carbocycles. The van der Waals surface area contributed by atoms with Crippen LogP contribution < -0.4 is 0 Å². The van der Waals surface area contributed by atoms with E-state index in [4.69, 9.17) is 15.0 Å². The van der Waals surface area contributed by atoms with E-state index in [1.54, 1.807) is 0 Å². The molecule has 0 saturated heterocycles. The summed E-state index contributed by atoms with van der Waals surface area (Å²) in [6.07, 6.45) is 0. The number of nitrogens with zero attached hydrogens (tertiary/aromatic N) is 6. The molecule has 0 aliphatic rings. The van der Waals surface area contributed by atoms with Crippen molar-refractivity contribution >= 4 is 65.4 Å². The molecule has 63 heavy (non-hydrogen) atoms. The monoisotopic (exact) mass is 804 g/mol. The molecule has 9 aromatic carbocycles. The fourth-order valence-electron chi connectivity index (χ4n) is 9.73. The number of fused-ring (bicyclic) bond motifs is 10. The van der Waals surface area contributed by atoms with E-state index in [0.717, 1.165) is 77.3 Å². The SMILES string of the molecule is c1ccc(-c2cccc(-n3c4ccccc4c4ccc5c6ccccc6n(-c6nc(-c7ccccc7)nc(-c7cccc(-n8c9ccccc9c9ccccc98)c7)n6)c5c43)c2)cc1. The van der Waals surface area contributed by atoms with Crippen LogP contribution in [0.4, 0.5) is 0 Å². The van der Waals surface area contributed by atoms with Gasteiger partial charge in [0.1, 0.15) is 0 Å². The third kappa shape index (κ3) is 5.48. The highest BCUT2D eigenvalue weighted by molar-refractivity contribution is 6.23. The van der Waals surface area contributed by atoms with Gasteiger partial charge in [-0.2, -0.15) is 9.97 Å². The second kappa shape index (κ2) is 14.0. The van der Waals surface area contributed by atoms with Crippen LogP contribution in [0.3, 0.4) is 0 Å². The number of hydrogen-bond acceptors (Lipinski definition) is 3. The van der Waals surface area contributed by atoms with Crippen LogP contribution >= 0.6 is 0 Å². The van der Waals surface area contributed by atoms with Gasteiger partial charge in [0, 0.05) is 54.8 Å². The van der Waals surface area contributed by atoms with Crippen LogP contribution in [0.15, 0.2) is 218 Å². The summed E-state index contributed by atoms with van der Waals surface area (Å²) in [5.74, 6) is 1.75. The van der Waals surface area contributed by atoms with Gasteiger partial charge in [0.05, 0.1) is 33.1 Å². The minimum atomic E-state index is 0.551. The Morgan fingerprint density at radius 2 is 0.651 bits per heavy atom. The normalized spacial score (nSPS) is 11.8. The van der Waals surface area contributed by atoms with Gasteiger partial charge in [-0.05, 0) is 59.7 Å². The molecule has 13 rings (SSSR count). The maximum Gasteiger partial charge on any atom is 0.238 e. The maximum absolute atomic E-state index is 5.46. The molecule has 0 radical (unpaired) electrons. The number of para-hydroxylation sites is 4.